The van der Waals surface area contributed by atoms with Crippen LogP contribution in [0.25, 0.3) is 54.4 Å². The fraction of sp³-hybridized carbons (Fsp3) is 0.0667. The van der Waals surface area contributed by atoms with Crippen LogP contribution in [0.2, 0.25) is 0 Å². The van der Waals surface area contributed by atoms with E-state index in [9.17, 15) is 9.59 Å². The number of amides is 2. The molecule has 4 aromatic heterocycles. The van der Waals surface area contributed by atoms with Gasteiger partial charge in [0, 0.05) is 24.9 Å². The second kappa shape index (κ2) is 7.56. The summed E-state index contributed by atoms with van der Waals surface area (Å²) in [6.45, 7) is 0. The van der Waals surface area contributed by atoms with Crippen molar-refractivity contribution >= 4 is 78.9 Å². The van der Waals surface area contributed by atoms with Crippen LogP contribution in [0.4, 0.5) is 11.4 Å². The van der Waals surface area contributed by atoms with Crippen LogP contribution in [0.15, 0.2) is 81.6 Å². The van der Waals surface area contributed by atoms with E-state index < -0.39 is 0 Å². The fourth-order valence-corrected chi connectivity index (χ4v) is 7.63. The lowest BCUT2D eigenvalue weighted by Crippen LogP contribution is -2.24. The topological polar surface area (TPSA) is 66.9 Å². The van der Waals surface area contributed by atoms with E-state index in [1.54, 1.807) is 23.9 Å². The number of hydrogen-bond donors (Lipinski definition) is 0. The molecular formula is C30H18N2O4S2. The van der Waals surface area contributed by atoms with Gasteiger partial charge in [0.15, 0.2) is 0 Å². The van der Waals surface area contributed by atoms with Gasteiger partial charge in [-0.2, -0.15) is 0 Å². The predicted octanol–water partition coefficient (Wildman–Crippen LogP) is 7.50. The molecule has 0 radical (unpaired) electrons. The van der Waals surface area contributed by atoms with Crippen molar-refractivity contribution in [3.63, 3.8) is 0 Å². The molecule has 0 unspecified atom stereocenters. The standard InChI is InChI=1S/C30H18N2O4S2/c1-31-17-13-23(21-11-15-7-3-5-9-19(15)35-21)37-27(17)25(29(31)33)26-28-18(32(2)30(26)34)14-24(38-28)22-12-16-8-4-6-10-20(16)36-22/h3-14H,1-2H3/b26-25-. The molecule has 0 fully saturated rings. The minimum absolute atomic E-state index is 0.175. The summed E-state index contributed by atoms with van der Waals surface area (Å²) in [6, 6.07) is 23.7. The molecule has 8 heteroatoms. The Bertz CT molecular complexity index is 1810. The quantitative estimate of drug-likeness (QED) is 0.216. The van der Waals surface area contributed by atoms with Crippen LogP contribution < -0.4 is 9.80 Å². The number of carbonyl (C=O) groups excluding carboxylic acids is 2. The van der Waals surface area contributed by atoms with E-state index in [0.717, 1.165) is 64.3 Å². The van der Waals surface area contributed by atoms with E-state index in [0.29, 0.717) is 11.1 Å². The molecular weight excluding hydrogens is 516 g/mol. The lowest BCUT2D eigenvalue weighted by Gasteiger charge is -2.10. The highest BCUT2D eigenvalue weighted by molar-refractivity contribution is 7.19. The molecule has 0 atom stereocenters. The van der Waals surface area contributed by atoms with Crippen LogP contribution in [0, 0.1) is 0 Å². The largest absolute Gasteiger partial charge is 0.455 e. The summed E-state index contributed by atoms with van der Waals surface area (Å²) in [6.07, 6.45) is 0. The lowest BCUT2D eigenvalue weighted by atomic mass is 10.1. The van der Waals surface area contributed by atoms with Gasteiger partial charge >= 0.3 is 0 Å². The zero-order valence-corrected chi connectivity index (χ0v) is 21.9. The van der Waals surface area contributed by atoms with Gasteiger partial charge in [0.1, 0.15) is 22.7 Å². The van der Waals surface area contributed by atoms with Crippen molar-refractivity contribution in [1.29, 1.82) is 0 Å². The van der Waals surface area contributed by atoms with Crippen LogP contribution in [0.1, 0.15) is 9.75 Å². The highest BCUT2D eigenvalue weighted by atomic mass is 32.1. The Morgan fingerprint density at radius 2 is 1.03 bits per heavy atom. The third-order valence-electron chi connectivity index (χ3n) is 7.23. The number of carbonyl (C=O) groups is 2. The molecule has 2 aliphatic heterocycles. The second-order valence-electron chi connectivity index (χ2n) is 9.43. The number of fused-ring (bicyclic) bond motifs is 4. The van der Waals surface area contributed by atoms with Crippen LogP contribution in [0.3, 0.4) is 0 Å². The van der Waals surface area contributed by atoms with Crippen LogP contribution >= 0.6 is 22.7 Å². The summed E-state index contributed by atoms with van der Waals surface area (Å²) < 4.78 is 12.2. The molecule has 0 N–H and O–H groups in total. The van der Waals surface area contributed by atoms with E-state index in [1.807, 2.05) is 72.8 Å². The Hall–Kier alpha value is -4.40. The van der Waals surface area contributed by atoms with Gasteiger partial charge in [0.05, 0.1) is 42.0 Å². The number of thiophene rings is 2. The van der Waals surface area contributed by atoms with Crippen LogP contribution in [0.5, 0.6) is 0 Å². The number of furan rings is 2. The smallest absolute Gasteiger partial charge is 0.260 e. The molecule has 6 heterocycles. The molecule has 6 nitrogen and oxygen atoms in total. The number of benzene rings is 2. The van der Waals surface area contributed by atoms with E-state index >= 15 is 0 Å². The first-order valence-electron chi connectivity index (χ1n) is 12.0. The molecule has 184 valence electrons. The summed E-state index contributed by atoms with van der Waals surface area (Å²) in [7, 11) is 3.50. The summed E-state index contributed by atoms with van der Waals surface area (Å²) >= 11 is 2.96. The molecule has 0 spiro atoms. The zero-order valence-electron chi connectivity index (χ0n) is 20.3. The average Bonchev–Trinajstić information content (AvgIpc) is 3.75. The van der Waals surface area contributed by atoms with Gasteiger partial charge in [-0.15, -0.1) is 22.7 Å². The molecule has 8 rings (SSSR count). The fourth-order valence-electron chi connectivity index (χ4n) is 5.26. The Labute approximate surface area is 224 Å². The van der Waals surface area contributed by atoms with Gasteiger partial charge in [-0.05, 0) is 36.4 Å². The highest BCUT2D eigenvalue weighted by Crippen LogP contribution is 2.53. The monoisotopic (exact) mass is 534 g/mol. The third-order valence-corrected chi connectivity index (χ3v) is 9.54. The number of rotatable bonds is 2. The molecule has 0 aliphatic carbocycles. The zero-order chi connectivity index (χ0) is 25.7. The molecule has 38 heavy (non-hydrogen) atoms. The molecule has 0 saturated heterocycles. The average molecular weight is 535 g/mol. The predicted molar refractivity (Wildman–Crippen MR) is 153 cm³/mol. The van der Waals surface area contributed by atoms with Crippen molar-refractivity contribution in [2.75, 3.05) is 23.9 Å². The maximum atomic E-state index is 13.5. The van der Waals surface area contributed by atoms with Crippen molar-refractivity contribution in [3.05, 3.63) is 82.6 Å². The van der Waals surface area contributed by atoms with Gasteiger partial charge in [-0.3, -0.25) is 9.59 Å². The van der Waals surface area contributed by atoms with E-state index in [4.69, 9.17) is 8.83 Å². The normalized spacial score (nSPS) is 16.9. The van der Waals surface area contributed by atoms with Crippen LogP contribution in [-0.4, -0.2) is 25.9 Å². The van der Waals surface area contributed by atoms with Crippen molar-refractivity contribution in [1.82, 2.24) is 0 Å². The Balaban J connectivity index is 1.29. The maximum Gasteiger partial charge on any atom is 0.260 e. The molecule has 2 aromatic carbocycles. The minimum Gasteiger partial charge on any atom is -0.455 e. The number of anilines is 2. The van der Waals surface area contributed by atoms with Gasteiger partial charge in [-0.1, -0.05) is 36.4 Å². The third kappa shape index (κ3) is 2.87. The summed E-state index contributed by atoms with van der Waals surface area (Å²) in [5.41, 5.74) is 4.10. The van der Waals surface area contributed by atoms with Crippen LogP contribution in [-0.2, 0) is 9.59 Å². The number of para-hydroxylation sites is 2. The second-order valence-corrected chi connectivity index (χ2v) is 11.5. The summed E-state index contributed by atoms with van der Waals surface area (Å²) in [5.74, 6) is 1.14. The minimum atomic E-state index is -0.175. The van der Waals surface area contributed by atoms with Gasteiger partial charge < -0.3 is 18.6 Å². The number of nitrogens with zero attached hydrogens (tertiary/aromatic N) is 2. The maximum absolute atomic E-state index is 13.5. The number of likely N-dealkylation sites (N-methyl/N-ethyl adjacent to an activating group) is 2. The lowest BCUT2D eigenvalue weighted by molar-refractivity contribution is -0.114. The molecule has 0 bridgehead atoms. The SMILES string of the molecule is CN1C(=O)/C(=C2\C(=O)N(C)c3cc(-c4cc5ccccc5o4)sc32)c2sc(-c3cc4ccccc4o3)cc21. The Morgan fingerprint density at radius 3 is 1.45 bits per heavy atom. The first kappa shape index (κ1) is 21.7. The molecule has 2 amide bonds. The number of hydrogen-bond acceptors (Lipinski definition) is 6. The summed E-state index contributed by atoms with van der Waals surface area (Å²) in [4.78, 5) is 33.7. The first-order valence-corrected chi connectivity index (χ1v) is 13.7. The Kier molecular flexibility index (Phi) is 4.31. The molecule has 2 aliphatic rings. The summed E-state index contributed by atoms with van der Waals surface area (Å²) in [5, 5.41) is 2.04. The van der Waals surface area contributed by atoms with Crippen molar-refractivity contribution in [2.45, 2.75) is 0 Å². The van der Waals surface area contributed by atoms with Gasteiger partial charge in [0.25, 0.3) is 11.8 Å². The van der Waals surface area contributed by atoms with Gasteiger partial charge in [0.2, 0.25) is 0 Å². The highest BCUT2D eigenvalue weighted by Gasteiger charge is 2.43. The van der Waals surface area contributed by atoms with E-state index in [2.05, 4.69) is 0 Å². The van der Waals surface area contributed by atoms with Crippen molar-refractivity contribution < 1.29 is 18.4 Å². The first-order chi connectivity index (χ1) is 18.5. The molecule has 6 aromatic rings. The van der Waals surface area contributed by atoms with E-state index in [1.165, 1.54) is 22.7 Å². The van der Waals surface area contributed by atoms with E-state index in [-0.39, 0.29) is 11.8 Å². The van der Waals surface area contributed by atoms with Gasteiger partial charge in [-0.25, -0.2) is 0 Å². The molecule has 0 saturated carbocycles. The van der Waals surface area contributed by atoms with Crippen molar-refractivity contribution in [3.8, 4) is 21.3 Å². The Morgan fingerprint density at radius 1 is 0.605 bits per heavy atom. The van der Waals surface area contributed by atoms with Crippen molar-refractivity contribution in [2.24, 2.45) is 0 Å².